The molecule has 4 heterocycles. The van der Waals surface area contributed by atoms with Gasteiger partial charge in [-0.2, -0.15) is 5.10 Å². The minimum absolute atomic E-state index is 0.244. The number of furan rings is 1. The maximum absolute atomic E-state index is 11.9. The van der Waals surface area contributed by atoms with Gasteiger partial charge in [0.2, 0.25) is 0 Å². The van der Waals surface area contributed by atoms with Crippen LogP contribution in [-0.2, 0) is 0 Å². The number of aromatic nitrogens is 4. The molecule has 1 aliphatic rings. The van der Waals surface area contributed by atoms with Crippen LogP contribution in [0.4, 0.5) is 11.4 Å². The molecule has 1 amide bonds. The lowest BCUT2D eigenvalue weighted by molar-refractivity contribution is 0.0996. The molecule has 1 fully saturated rings. The van der Waals surface area contributed by atoms with Gasteiger partial charge >= 0.3 is 0 Å². The van der Waals surface area contributed by atoms with E-state index < -0.39 is 0 Å². The molecular weight excluding hydrogens is 308 g/mol. The minimum Gasteiger partial charge on any atom is -0.459 e. The summed E-state index contributed by atoms with van der Waals surface area (Å²) < 4.78 is 6.57. The molecule has 0 saturated carbocycles. The highest BCUT2D eigenvalue weighted by atomic mass is 16.3. The molecule has 0 atom stereocenters. The van der Waals surface area contributed by atoms with E-state index in [2.05, 4.69) is 25.3 Å². The molecule has 24 heavy (non-hydrogen) atoms. The van der Waals surface area contributed by atoms with Crippen molar-refractivity contribution < 1.29 is 9.21 Å². The summed E-state index contributed by atoms with van der Waals surface area (Å²) in [5.74, 6) is 0.371. The lowest BCUT2D eigenvalue weighted by atomic mass is 10.4. The third-order valence-electron chi connectivity index (χ3n) is 3.89. The molecule has 1 aliphatic heterocycles. The van der Waals surface area contributed by atoms with E-state index in [0.717, 1.165) is 18.8 Å². The Hall–Kier alpha value is -3.16. The lowest BCUT2D eigenvalue weighted by Gasteiger charge is -2.16. The smallest absolute Gasteiger partial charge is 0.291 e. The van der Waals surface area contributed by atoms with Crippen LogP contribution >= 0.6 is 0 Å². The summed E-state index contributed by atoms with van der Waals surface area (Å²) >= 11 is 0. The Balaban J connectivity index is 1.47. The molecule has 0 aliphatic carbocycles. The fourth-order valence-corrected chi connectivity index (χ4v) is 2.67. The number of rotatable bonds is 4. The Morgan fingerprint density at radius 3 is 2.67 bits per heavy atom. The van der Waals surface area contributed by atoms with E-state index in [9.17, 15) is 4.79 Å². The largest absolute Gasteiger partial charge is 0.459 e. The molecule has 0 unspecified atom stereocenters. The molecule has 1 saturated heterocycles. The number of anilines is 2. The molecule has 1 N–H and O–H groups in total. The third-order valence-corrected chi connectivity index (χ3v) is 3.89. The topological polar surface area (TPSA) is 89.1 Å². The molecule has 4 rings (SSSR count). The van der Waals surface area contributed by atoms with E-state index >= 15 is 0 Å². The normalized spacial score (nSPS) is 14.1. The Labute approximate surface area is 138 Å². The van der Waals surface area contributed by atoms with Crippen LogP contribution in [0.15, 0.2) is 47.6 Å². The summed E-state index contributed by atoms with van der Waals surface area (Å²) in [5, 5.41) is 6.89. The number of amides is 1. The van der Waals surface area contributed by atoms with Crippen LogP contribution in [-0.4, -0.2) is 38.7 Å². The van der Waals surface area contributed by atoms with Crippen LogP contribution < -0.4 is 10.2 Å². The second-order valence-electron chi connectivity index (χ2n) is 5.54. The zero-order valence-electron chi connectivity index (χ0n) is 12.9. The van der Waals surface area contributed by atoms with Gasteiger partial charge in [-0.15, -0.1) is 0 Å². The molecule has 0 radical (unpaired) electrons. The summed E-state index contributed by atoms with van der Waals surface area (Å²) in [4.78, 5) is 22.9. The summed E-state index contributed by atoms with van der Waals surface area (Å²) in [6, 6.07) is 3.26. The number of carbonyl (C=O) groups is 1. The Morgan fingerprint density at radius 1 is 1.17 bits per heavy atom. The van der Waals surface area contributed by atoms with Gasteiger partial charge in [-0.25, -0.2) is 14.6 Å². The Kier molecular flexibility index (Phi) is 3.70. The van der Waals surface area contributed by atoms with Crippen molar-refractivity contribution in [3.05, 3.63) is 48.9 Å². The van der Waals surface area contributed by atoms with E-state index in [1.165, 1.54) is 23.8 Å². The van der Waals surface area contributed by atoms with Crippen molar-refractivity contribution >= 4 is 17.3 Å². The predicted molar refractivity (Wildman–Crippen MR) is 87.3 cm³/mol. The van der Waals surface area contributed by atoms with Crippen LogP contribution in [0.5, 0.6) is 0 Å². The zero-order chi connectivity index (χ0) is 16.4. The molecule has 3 aromatic heterocycles. The number of nitrogens with one attached hydrogen (secondary N) is 1. The third kappa shape index (κ3) is 2.85. The molecule has 0 aromatic carbocycles. The average molecular weight is 324 g/mol. The summed E-state index contributed by atoms with van der Waals surface area (Å²) in [6.07, 6.45) is 10.7. The standard InChI is InChI=1S/C16H16N6O2/c23-15(14-4-3-7-24-14)20-12-8-19-22(11-12)16-17-9-13(10-18-16)21-5-1-2-6-21/h3-4,7-11H,1-2,5-6H2,(H,20,23). The highest BCUT2D eigenvalue weighted by Crippen LogP contribution is 2.18. The molecule has 0 bridgehead atoms. The number of nitrogens with zero attached hydrogens (tertiary/aromatic N) is 5. The first kappa shape index (κ1) is 14.4. The van der Waals surface area contributed by atoms with Gasteiger partial charge in [0.25, 0.3) is 11.9 Å². The van der Waals surface area contributed by atoms with E-state index in [-0.39, 0.29) is 11.7 Å². The van der Waals surface area contributed by atoms with Crippen molar-refractivity contribution in [1.82, 2.24) is 19.7 Å². The number of hydrogen-bond acceptors (Lipinski definition) is 6. The quantitative estimate of drug-likeness (QED) is 0.790. The van der Waals surface area contributed by atoms with E-state index in [4.69, 9.17) is 4.42 Å². The number of hydrogen-bond donors (Lipinski definition) is 1. The van der Waals surface area contributed by atoms with E-state index in [1.807, 2.05) is 0 Å². The van der Waals surface area contributed by atoms with Gasteiger partial charge in [0.15, 0.2) is 5.76 Å². The first-order valence-electron chi connectivity index (χ1n) is 7.76. The molecule has 8 heteroatoms. The first-order chi connectivity index (χ1) is 11.8. The second-order valence-corrected chi connectivity index (χ2v) is 5.54. The molecule has 0 spiro atoms. The fourth-order valence-electron chi connectivity index (χ4n) is 2.67. The maximum atomic E-state index is 11.9. The molecule has 3 aromatic rings. The van der Waals surface area contributed by atoms with Crippen LogP contribution in [0.25, 0.3) is 5.95 Å². The van der Waals surface area contributed by atoms with Crippen molar-refractivity contribution in [2.45, 2.75) is 12.8 Å². The Bertz CT molecular complexity index is 819. The SMILES string of the molecule is O=C(Nc1cnn(-c2ncc(N3CCCC3)cn2)c1)c1ccco1. The van der Waals surface area contributed by atoms with Crippen molar-refractivity contribution in [3.8, 4) is 5.95 Å². The summed E-state index contributed by atoms with van der Waals surface area (Å²) in [5.41, 5.74) is 1.57. The lowest BCUT2D eigenvalue weighted by Crippen LogP contribution is -2.18. The van der Waals surface area contributed by atoms with Gasteiger partial charge in [0.05, 0.1) is 42.4 Å². The zero-order valence-corrected chi connectivity index (χ0v) is 12.9. The van der Waals surface area contributed by atoms with Gasteiger partial charge < -0.3 is 14.6 Å². The summed E-state index contributed by atoms with van der Waals surface area (Å²) in [7, 11) is 0. The van der Waals surface area contributed by atoms with Gasteiger partial charge in [-0.3, -0.25) is 4.79 Å². The van der Waals surface area contributed by atoms with Gasteiger partial charge in [-0.05, 0) is 25.0 Å². The van der Waals surface area contributed by atoms with Crippen molar-refractivity contribution in [1.29, 1.82) is 0 Å². The van der Waals surface area contributed by atoms with Crippen LogP contribution in [0.3, 0.4) is 0 Å². The second kappa shape index (κ2) is 6.15. The summed E-state index contributed by atoms with van der Waals surface area (Å²) in [6.45, 7) is 2.10. The molecule has 8 nitrogen and oxygen atoms in total. The molecule has 122 valence electrons. The Morgan fingerprint density at radius 2 is 1.96 bits per heavy atom. The minimum atomic E-state index is -0.329. The monoisotopic (exact) mass is 324 g/mol. The van der Waals surface area contributed by atoms with E-state index in [1.54, 1.807) is 36.9 Å². The van der Waals surface area contributed by atoms with Crippen LogP contribution in [0.2, 0.25) is 0 Å². The van der Waals surface area contributed by atoms with Crippen LogP contribution in [0, 0.1) is 0 Å². The highest BCUT2D eigenvalue weighted by Gasteiger charge is 2.14. The van der Waals surface area contributed by atoms with Gasteiger partial charge in [0.1, 0.15) is 0 Å². The fraction of sp³-hybridized carbons (Fsp3) is 0.250. The molecular formula is C16H16N6O2. The van der Waals surface area contributed by atoms with Crippen LogP contribution in [0.1, 0.15) is 23.4 Å². The van der Waals surface area contributed by atoms with Gasteiger partial charge in [-0.1, -0.05) is 0 Å². The van der Waals surface area contributed by atoms with Crippen molar-refractivity contribution in [2.75, 3.05) is 23.3 Å². The average Bonchev–Trinajstić information content (AvgIpc) is 3.36. The van der Waals surface area contributed by atoms with Crippen molar-refractivity contribution in [2.24, 2.45) is 0 Å². The van der Waals surface area contributed by atoms with Crippen molar-refractivity contribution in [3.63, 3.8) is 0 Å². The maximum Gasteiger partial charge on any atom is 0.291 e. The first-order valence-corrected chi connectivity index (χ1v) is 7.76. The van der Waals surface area contributed by atoms with Gasteiger partial charge in [0, 0.05) is 13.1 Å². The highest BCUT2D eigenvalue weighted by molar-refractivity contribution is 6.02. The number of carbonyl (C=O) groups excluding carboxylic acids is 1. The predicted octanol–water partition coefficient (Wildman–Crippen LogP) is 2.11. The van der Waals surface area contributed by atoms with E-state index in [0.29, 0.717) is 11.6 Å².